The van der Waals surface area contributed by atoms with E-state index in [1.165, 1.54) is 11.3 Å². The minimum atomic E-state index is -0.119. The predicted molar refractivity (Wildman–Crippen MR) is 124 cm³/mol. The molecule has 3 nitrogen and oxygen atoms in total. The molecule has 0 aliphatic carbocycles. The molecule has 3 heteroatoms. The third-order valence-electron chi connectivity index (χ3n) is 4.80. The Bertz CT molecular complexity index is 777. The molecule has 0 unspecified atom stereocenters. The first-order valence-corrected chi connectivity index (χ1v) is 10.6. The van der Waals surface area contributed by atoms with Crippen LogP contribution in [0.25, 0.3) is 0 Å². The van der Waals surface area contributed by atoms with E-state index in [1.54, 1.807) is 6.20 Å². The van der Waals surface area contributed by atoms with Crippen LogP contribution in [0.1, 0.15) is 106 Å². The molecule has 0 aromatic carbocycles. The minimum Gasteiger partial charge on any atom is -0.618 e. The van der Waals surface area contributed by atoms with Crippen LogP contribution in [0.15, 0.2) is 36.7 Å². The van der Waals surface area contributed by atoms with Gasteiger partial charge in [-0.2, -0.15) is 4.73 Å². The molecule has 162 valence electrons. The van der Waals surface area contributed by atoms with Crippen molar-refractivity contribution in [2.45, 2.75) is 105 Å². The summed E-state index contributed by atoms with van der Waals surface area (Å²) in [6.07, 6.45) is 3.46. The van der Waals surface area contributed by atoms with Crippen molar-refractivity contribution in [2.75, 3.05) is 0 Å². The molecular weight excluding hydrogens is 356 g/mol. The highest BCUT2D eigenvalue weighted by molar-refractivity contribution is 5.31. The normalized spacial score (nSPS) is 13.0. The zero-order valence-electron chi connectivity index (χ0n) is 20.8. The molecule has 29 heavy (non-hydrogen) atoms. The van der Waals surface area contributed by atoms with Crippen molar-refractivity contribution in [1.29, 1.82) is 0 Å². The number of nitrogens with zero attached hydrogens (tertiary/aromatic N) is 2. The Balaban J connectivity index is 0.000000291. The molecule has 0 saturated heterocycles. The molecule has 0 N–H and O–H groups in total. The lowest BCUT2D eigenvalue weighted by Crippen LogP contribution is -2.41. The van der Waals surface area contributed by atoms with E-state index in [-0.39, 0.29) is 21.7 Å². The number of hydrogen-bond acceptors (Lipinski definition) is 2. The van der Waals surface area contributed by atoms with Crippen molar-refractivity contribution in [1.82, 2.24) is 4.98 Å². The van der Waals surface area contributed by atoms with Gasteiger partial charge in [-0.05, 0) is 28.5 Å². The zero-order chi connectivity index (χ0) is 22.8. The lowest BCUT2D eigenvalue weighted by molar-refractivity contribution is -0.618. The minimum absolute atomic E-state index is 0.00995. The average molecular weight is 399 g/mol. The Kier molecular flexibility index (Phi) is 7.33. The van der Waals surface area contributed by atoms with Gasteiger partial charge < -0.3 is 5.21 Å². The van der Waals surface area contributed by atoms with E-state index in [0.29, 0.717) is 0 Å². The van der Waals surface area contributed by atoms with E-state index < -0.39 is 0 Å². The fourth-order valence-corrected chi connectivity index (χ4v) is 3.44. The van der Waals surface area contributed by atoms with Crippen LogP contribution < -0.4 is 4.73 Å². The summed E-state index contributed by atoms with van der Waals surface area (Å²) in [5, 5.41) is 11.9. The maximum Gasteiger partial charge on any atom is 0.201 e. The van der Waals surface area contributed by atoms with Crippen LogP contribution in [0.2, 0.25) is 0 Å². The first kappa shape index (κ1) is 25.1. The van der Waals surface area contributed by atoms with Gasteiger partial charge in [0.05, 0.1) is 0 Å². The maximum absolute atomic E-state index is 11.9. The molecule has 0 fully saturated rings. The average Bonchev–Trinajstić information content (AvgIpc) is 2.51. The van der Waals surface area contributed by atoms with Crippen molar-refractivity contribution in [3.8, 4) is 0 Å². The van der Waals surface area contributed by atoms with Crippen molar-refractivity contribution in [3.63, 3.8) is 0 Å². The van der Waals surface area contributed by atoms with Crippen LogP contribution in [-0.2, 0) is 21.7 Å². The van der Waals surface area contributed by atoms with Gasteiger partial charge in [0.1, 0.15) is 0 Å². The van der Waals surface area contributed by atoms with Crippen molar-refractivity contribution in [3.05, 3.63) is 64.4 Å². The molecule has 0 bridgehead atoms. The van der Waals surface area contributed by atoms with Gasteiger partial charge in [-0.15, -0.1) is 0 Å². The number of aromatic nitrogens is 2. The summed E-state index contributed by atoms with van der Waals surface area (Å²) in [6.45, 7) is 26.0. The molecule has 0 radical (unpaired) electrons. The largest absolute Gasteiger partial charge is 0.618 e. The summed E-state index contributed by atoms with van der Waals surface area (Å²) in [6, 6.07) is 8.08. The number of pyridine rings is 2. The van der Waals surface area contributed by atoms with Gasteiger partial charge in [0.15, 0.2) is 6.20 Å². The van der Waals surface area contributed by atoms with E-state index in [9.17, 15) is 5.21 Å². The second-order valence-corrected chi connectivity index (χ2v) is 12.0. The Morgan fingerprint density at radius 1 is 0.655 bits per heavy atom. The molecule has 0 amide bonds. The van der Waals surface area contributed by atoms with Gasteiger partial charge in [-0.3, -0.25) is 4.98 Å². The van der Waals surface area contributed by atoms with Gasteiger partial charge in [0.25, 0.3) is 0 Å². The molecule has 2 aromatic rings. The second-order valence-electron chi connectivity index (χ2n) is 12.0. The van der Waals surface area contributed by atoms with Gasteiger partial charge >= 0.3 is 0 Å². The molecular formula is C26H42N2O. The van der Waals surface area contributed by atoms with Crippen LogP contribution in [0, 0.1) is 5.21 Å². The van der Waals surface area contributed by atoms with Crippen molar-refractivity contribution < 1.29 is 4.73 Å². The molecule has 2 heterocycles. The van der Waals surface area contributed by atoms with Crippen molar-refractivity contribution >= 4 is 0 Å². The SMILES string of the molecule is CC(C)(C)c1ccc[n+]([O-])c1C(C)(C)C.CC(C)(C)c1cccnc1C(C)(C)C. The summed E-state index contributed by atoms with van der Waals surface area (Å²) in [4.78, 5) is 4.52. The van der Waals surface area contributed by atoms with Crippen LogP contribution in [-0.4, -0.2) is 4.98 Å². The lowest BCUT2D eigenvalue weighted by atomic mass is 9.78. The summed E-state index contributed by atoms with van der Waals surface area (Å²) in [5.41, 5.74) is 4.77. The molecule has 0 atom stereocenters. The lowest BCUT2D eigenvalue weighted by Gasteiger charge is -2.28. The topological polar surface area (TPSA) is 39.8 Å². The van der Waals surface area contributed by atoms with E-state index >= 15 is 0 Å². The van der Waals surface area contributed by atoms with Gasteiger partial charge in [-0.1, -0.05) is 89.2 Å². The highest BCUT2D eigenvalue weighted by Crippen LogP contribution is 2.32. The van der Waals surface area contributed by atoms with Crippen LogP contribution in [0.4, 0.5) is 0 Å². The molecule has 2 rings (SSSR count). The van der Waals surface area contributed by atoms with E-state index in [2.05, 4.69) is 100 Å². The summed E-state index contributed by atoms with van der Waals surface area (Å²) >= 11 is 0. The van der Waals surface area contributed by atoms with Gasteiger partial charge in [0.2, 0.25) is 5.69 Å². The third kappa shape index (κ3) is 6.83. The summed E-state index contributed by atoms with van der Waals surface area (Å²) < 4.78 is 1.00. The van der Waals surface area contributed by atoms with E-state index in [4.69, 9.17) is 0 Å². The fraction of sp³-hybridized carbons (Fsp3) is 0.615. The standard InChI is InChI=1S/C13H21NO.C13H21N/c1-12(2,3)10-8-7-9-14(15)11(10)13(4,5)6;1-12(2,3)10-8-7-9-14-11(10)13(4,5)6/h7-9H,1-6H3;7-9H,1-6H3. The molecule has 0 aliphatic rings. The van der Waals surface area contributed by atoms with E-state index in [1.807, 2.05) is 18.3 Å². The monoisotopic (exact) mass is 398 g/mol. The molecule has 0 spiro atoms. The highest BCUT2D eigenvalue weighted by Gasteiger charge is 2.32. The first-order valence-electron chi connectivity index (χ1n) is 10.6. The third-order valence-corrected chi connectivity index (χ3v) is 4.80. The van der Waals surface area contributed by atoms with Crippen molar-refractivity contribution in [2.24, 2.45) is 0 Å². The second kappa shape index (κ2) is 8.45. The fourth-order valence-electron chi connectivity index (χ4n) is 3.44. The summed E-state index contributed by atoms with van der Waals surface area (Å²) in [5.74, 6) is 0. The van der Waals surface area contributed by atoms with Crippen LogP contribution in [0.5, 0.6) is 0 Å². The Morgan fingerprint density at radius 2 is 1.14 bits per heavy atom. The smallest absolute Gasteiger partial charge is 0.201 e. The molecule has 0 aliphatic heterocycles. The predicted octanol–water partition coefficient (Wildman–Crippen LogP) is 6.59. The van der Waals surface area contributed by atoms with Gasteiger partial charge in [0, 0.05) is 34.4 Å². The van der Waals surface area contributed by atoms with Crippen LogP contribution >= 0.6 is 0 Å². The van der Waals surface area contributed by atoms with Gasteiger partial charge in [-0.25, -0.2) is 0 Å². The van der Waals surface area contributed by atoms with Crippen LogP contribution in [0.3, 0.4) is 0 Å². The Hall–Kier alpha value is -1.90. The number of rotatable bonds is 0. The molecule has 2 aromatic heterocycles. The zero-order valence-corrected chi connectivity index (χ0v) is 20.8. The quantitative estimate of drug-likeness (QED) is 0.371. The molecule has 0 saturated carbocycles. The highest BCUT2D eigenvalue weighted by atomic mass is 16.5. The Labute approximate surface area is 179 Å². The maximum atomic E-state index is 11.9. The Morgan fingerprint density at radius 3 is 1.48 bits per heavy atom. The number of hydrogen-bond donors (Lipinski definition) is 0. The van der Waals surface area contributed by atoms with E-state index in [0.717, 1.165) is 16.0 Å². The summed E-state index contributed by atoms with van der Waals surface area (Å²) in [7, 11) is 0. The first-order chi connectivity index (χ1) is 12.9.